The monoisotopic (exact) mass is 313 g/mol. The van der Waals surface area contributed by atoms with Gasteiger partial charge in [0.2, 0.25) is 0 Å². The third kappa shape index (κ3) is 3.13. The van der Waals surface area contributed by atoms with Gasteiger partial charge in [-0.3, -0.25) is 0 Å². The standard InChI is InChI=1S/C14H13F2NO3S/c1-20-13-7-9(17)5-6-14(13)21(18,19)8-10-11(15)3-2-4-12(10)16/h2-7H,8,17H2,1H3. The van der Waals surface area contributed by atoms with Crippen LogP contribution in [-0.2, 0) is 15.6 Å². The van der Waals surface area contributed by atoms with E-state index in [1.807, 2.05) is 0 Å². The lowest BCUT2D eigenvalue weighted by Gasteiger charge is -2.11. The number of hydrogen-bond donors (Lipinski definition) is 1. The van der Waals surface area contributed by atoms with E-state index in [2.05, 4.69) is 0 Å². The van der Waals surface area contributed by atoms with Crippen LogP contribution in [0.3, 0.4) is 0 Å². The van der Waals surface area contributed by atoms with Crippen LogP contribution in [0.15, 0.2) is 41.3 Å². The van der Waals surface area contributed by atoms with Crippen molar-refractivity contribution in [1.82, 2.24) is 0 Å². The van der Waals surface area contributed by atoms with Crippen molar-refractivity contribution in [1.29, 1.82) is 0 Å². The van der Waals surface area contributed by atoms with Gasteiger partial charge in [-0.2, -0.15) is 0 Å². The molecule has 2 rings (SSSR count). The minimum atomic E-state index is -3.98. The summed E-state index contributed by atoms with van der Waals surface area (Å²) >= 11 is 0. The van der Waals surface area contributed by atoms with Gasteiger partial charge in [-0.25, -0.2) is 17.2 Å². The molecule has 0 unspecified atom stereocenters. The maximum atomic E-state index is 13.6. The summed E-state index contributed by atoms with van der Waals surface area (Å²) in [7, 11) is -2.69. The molecule has 0 amide bonds. The highest BCUT2D eigenvalue weighted by Gasteiger charge is 2.23. The highest BCUT2D eigenvalue weighted by Crippen LogP contribution is 2.29. The molecule has 4 nitrogen and oxygen atoms in total. The smallest absolute Gasteiger partial charge is 0.186 e. The van der Waals surface area contributed by atoms with E-state index in [0.717, 1.165) is 12.1 Å². The maximum absolute atomic E-state index is 13.6. The van der Waals surface area contributed by atoms with Crippen LogP contribution in [-0.4, -0.2) is 15.5 Å². The molecule has 21 heavy (non-hydrogen) atoms. The molecule has 0 aliphatic carbocycles. The van der Waals surface area contributed by atoms with Crippen LogP contribution < -0.4 is 10.5 Å². The molecule has 0 heterocycles. The van der Waals surface area contributed by atoms with E-state index in [0.29, 0.717) is 5.69 Å². The number of sulfone groups is 1. The first-order valence-corrected chi connectivity index (χ1v) is 7.59. The number of nitrogen functional groups attached to an aromatic ring is 1. The van der Waals surface area contributed by atoms with Gasteiger partial charge in [0.15, 0.2) is 9.84 Å². The zero-order chi connectivity index (χ0) is 15.6. The number of ether oxygens (including phenoxy) is 1. The summed E-state index contributed by atoms with van der Waals surface area (Å²) in [5.74, 6) is -2.58. The molecule has 0 bridgehead atoms. The van der Waals surface area contributed by atoms with E-state index in [1.165, 1.54) is 31.4 Å². The Labute approximate surface area is 121 Å². The number of rotatable bonds is 4. The normalized spacial score (nSPS) is 11.4. The summed E-state index contributed by atoms with van der Waals surface area (Å²) in [5, 5.41) is 0. The summed E-state index contributed by atoms with van der Waals surface area (Å²) < 4.78 is 56.8. The van der Waals surface area contributed by atoms with Gasteiger partial charge < -0.3 is 10.5 Å². The van der Waals surface area contributed by atoms with E-state index >= 15 is 0 Å². The molecule has 112 valence electrons. The molecule has 2 aromatic rings. The molecule has 0 fully saturated rings. The second-order valence-corrected chi connectivity index (χ2v) is 6.33. The van der Waals surface area contributed by atoms with Crippen LogP contribution in [0.5, 0.6) is 5.75 Å². The first-order chi connectivity index (χ1) is 9.85. The van der Waals surface area contributed by atoms with Crippen molar-refractivity contribution in [2.75, 3.05) is 12.8 Å². The Kier molecular flexibility index (Phi) is 4.13. The lowest BCUT2D eigenvalue weighted by atomic mass is 10.2. The summed E-state index contributed by atoms with van der Waals surface area (Å²) in [6.07, 6.45) is 0. The first-order valence-electron chi connectivity index (χ1n) is 5.94. The van der Waals surface area contributed by atoms with Crippen molar-refractivity contribution in [2.24, 2.45) is 0 Å². The Bertz CT molecular complexity index is 756. The van der Waals surface area contributed by atoms with Gasteiger partial charge in [0, 0.05) is 17.3 Å². The van der Waals surface area contributed by atoms with Gasteiger partial charge in [-0.1, -0.05) is 6.07 Å². The van der Waals surface area contributed by atoms with Gasteiger partial charge >= 0.3 is 0 Å². The molecule has 0 spiro atoms. The van der Waals surface area contributed by atoms with E-state index in [4.69, 9.17) is 10.5 Å². The highest BCUT2D eigenvalue weighted by atomic mass is 32.2. The molecule has 0 aliphatic rings. The summed E-state index contributed by atoms with van der Waals surface area (Å²) in [5.41, 5.74) is 5.37. The highest BCUT2D eigenvalue weighted by molar-refractivity contribution is 7.90. The molecule has 7 heteroatoms. The van der Waals surface area contributed by atoms with Crippen molar-refractivity contribution < 1.29 is 21.9 Å². The van der Waals surface area contributed by atoms with E-state index in [9.17, 15) is 17.2 Å². The molecule has 0 aliphatic heterocycles. The molecule has 0 saturated carbocycles. The predicted octanol–water partition coefficient (Wildman–Crippen LogP) is 2.53. The SMILES string of the molecule is COc1cc(N)ccc1S(=O)(=O)Cc1c(F)cccc1F. The average molecular weight is 313 g/mol. The lowest BCUT2D eigenvalue weighted by Crippen LogP contribution is -2.10. The third-order valence-electron chi connectivity index (χ3n) is 2.92. The molecule has 2 aromatic carbocycles. The zero-order valence-electron chi connectivity index (χ0n) is 11.1. The minimum Gasteiger partial charge on any atom is -0.495 e. The molecular formula is C14H13F2NO3S. The second kappa shape index (κ2) is 5.69. The molecular weight excluding hydrogens is 300 g/mol. The van der Waals surface area contributed by atoms with Crippen LogP contribution in [0, 0.1) is 11.6 Å². The largest absolute Gasteiger partial charge is 0.495 e. The Morgan fingerprint density at radius 2 is 1.76 bits per heavy atom. The van der Waals surface area contributed by atoms with Crippen molar-refractivity contribution >= 4 is 15.5 Å². The Morgan fingerprint density at radius 3 is 2.33 bits per heavy atom. The molecule has 2 N–H and O–H groups in total. The summed E-state index contributed by atoms with van der Waals surface area (Å²) in [6.45, 7) is 0. The van der Waals surface area contributed by atoms with Crippen LogP contribution in [0.1, 0.15) is 5.56 Å². The van der Waals surface area contributed by atoms with Gasteiger partial charge in [-0.05, 0) is 24.3 Å². The van der Waals surface area contributed by atoms with Gasteiger partial charge in [0.25, 0.3) is 0 Å². The van der Waals surface area contributed by atoms with Gasteiger partial charge in [0.1, 0.15) is 22.3 Å². The fourth-order valence-corrected chi connectivity index (χ4v) is 3.41. The quantitative estimate of drug-likeness (QED) is 0.881. The van der Waals surface area contributed by atoms with Crippen LogP contribution >= 0.6 is 0 Å². The molecule has 0 aromatic heterocycles. The zero-order valence-corrected chi connectivity index (χ0v) is 12.0. The minimum absolute atomic E-state index is 0.0340. The van der Waals surface area contributed by atoms with Crippen molar-refractivity contribution in [3.8, 4) is 5.75 Å². The summed E-state index contributed by atoms with van der Waals surface area (Å²) in [6, 6.07) is 7.16. The number of methoxy groups -OCH3 is 1. The number of halogens is 2. The Hall–Kier alpha value is -2.15. The summed E-state index contributed by atoms with van der Waals surface area (Å²) in [4.78, 5) is -0.165. The number of hydrogen-bond acceptors (Lipinski definition) is 4. The average Bonchev–Trinajstić information content (AvgIpc) is 2.42. The van der Waals surface area contributed by atoms with Gasteiger partial charge in [0.05, 0.1) is 12.9 Å². The van der Waals surface area contributed by atoms with Crippen molar-refractivity contribution in [2.45, 2.75) is 10.6 Å². The van der Waals surface area contributed by atoms with E-state index in [-0.39, 0.29) is 10.6 Å². The first kappa shape index (κ1) is 15.2. The predicted molar refractivity (Wildman–Crippen MR) is 74.7 cm³/mol. The molecule has 0 saturated heterocycles. The van der Waals surface area contributed by atoms with E-state index < -0.39 is 32.8 Å². The number of nitrogens with two attached hydrogens (primary N) is 1. The fourth-order valence-electron chi connectivity index (χ4n) is 1.88. The Morgan fingerprint density at radius 1 is 1.14 bits per heavy atom. The lowest BCUT2D eigenvalue weighted by molar-refractivity contribution is 0.403. The second-order valence-electron chi connectivity index (χ2n) is 4.37. The number of anilines is 1. The third-order valence-corrected chi connectivity index (χ3v) is 4.59. The van der Waals surface area contributed by atoms with Crippen molar-refractivity contribution in [3.63, 3.8) is 0 Å². The molecule has 0 radical (unpaired) electrons. The Balaban J connectivity index is 2.49. The van der Waals surface area contributed by atoms with Crippen LogP contribution in [0.25, 0.3) is 0 Å². The van der Waals surface area contributed by atoms with Gasteiger partial charge in [-0.15, -0.1) is 0 Å². The van der Waals surface area contributed by atoms with E-state index in [1.54, 1.807) is 0 Å². The fraction of sp³-hybridized carbons (Fsp3) is 0.143. The van der Waals surface area contributed by atoms with Crippen LogP contribution in [0.4, 0.5) is 14.5 Å². The topological polar surface area (TPSA) is 69.4 Å². The molecule has 0 atom stereocenters. The van der Waals surface area contributed by atoms with Crippen molar-refractivity contribution in [3.05, 3.63) is 53.6 Å². The van der Waals surface area contributed by atoms with Crippen LogP contribution in [0.2, 0.25) is 0 Å². The number of benzene rings is 2. The maximum Gasteiger partial charge on any atom is 0.186 e.